The Morgan fingerprint density at radius 1 is 0.968 bits per heavy atom. The van der Waals surface area contributed by atoms with Crippen molar-refractivity contribution in [3.05, 3.63) is 90.5 Å². The minimum absolute atomic E-state index is 0.734. The van der Waals surface area contributed by atoms with Gasteiger partial charge in [0.2, 0.25) is 0 Å². The van der Waals surface area contributed by atoms with Crippen molar-refractivity contribution >= 4 is 11.3 Å². The molecule has 3 aromatic heterocycles. The van der Waals surface area contributed by atoms with Crippen LogP contribution in [0.1, 0.15) is 16.8 Å². The van der Waals surface area contributed by atoms with E-state index in [0.29, 0.717) is 0 Å². The maximum atomic E-state index is 5.43. The molecule has 0 saturated carbocycles. The molecule has 0 aliphatic carbocycles. The number of benzene rings is 1. The zero-order valence-corrected chi connectivity index (χ0v) is 17.0. The van der Waals surface area contributed by atoms with Crippen molar-refractivity contribution in [1.29, 1.82) is 0 Å². The van der Waals surface area contributed by atoms with Gasteiger partial charge in [-0.2, -0.15) is 5.10 Å². The number of morpholine rings is 1. The second-order valence-electron chi connectivity index (χ2n) is 7.25. The van der Waals surface area contributed by atoms with Crippen LogP contribution in [0, 0.1) is 11.8 Å². The van der Waals surface area contributed by atoms with Crippen LogP contribution in [0.3, 0.4) is 0 Å². The van der Waals surface area contributed by atoms with Gasteiger partial charge >= 0.3 is 0 Å². The van der Waals surface area contributed by atoms with E-state index < -0.39 is 0 Å². The van der Waals surface area contributed by atoms with Crippen LogP contribution in [0.5, 0.6) is 0 Å². The Balaban J connectivity index is 1.41. The molecule has 4 aromatic rings. The summed E-state index contributed by atoms with van der Waals surface area (Å²) in [7, 11) is 0. The van der Waals surface area contributed by atoms with Gasteiger partial charge in [-0.25, -0.2) is 9.50 Å². The summed E-state index contributed by atoms with van der Waals surface area (Å²) in [4.78, 5) is 10.8. The number of fused-ring (bicyclic) bond motifs is 1. The first-order chi connectivity index (χ1) is 15.3. The van der Waals surface area contributed by atoms with Gasteiger partial charge in [-0.3, -0.25) is 4.98 Å². The molecule has 1 aliphatic heterocycles. The van der Waals surface area contributed by atoms with Crippen LogP contribution in [0.25, 0.3) is 22.6 Å². The molecule has 0 unspecified atom stereocenters. The minimum Gasteiger partial charge on any atom is -0.378 e. The molecule has 0 radical (unpaired) electrons. The zero-order valence-electron chi connectivity index (χ0n) is 17.0. The fraction of sp³-hybridized carbons (Fsp3) is 0.160. The molecule has 6 heteroatoms. The molecule has 31 heavy (non-hydrogen) atoms. The van der Waals surface area contributed by atoms with Crippen LogP contribution in [0.4, 0.5) is 0 Å². The summed E-state index contributed by atoms with van der Waals surface area (Å²) in [6.45, 7) is 7.52. The third kappa shape index (κ3) is 4.04. The SMILES string of the molecule is C=C(c1ccc(-c2ccc3ncc(C#Cc4cccnc4)n3n2)cc1)N1CCOCC1. The molecular formula is C25H21N5O. The summed E-state index contributed by atoms with van der Waals surface area (Å²) in [5, 5.41) is 4.77. The number of hydrogen-bond donors (Lipinski definition) is 0. The second-order valence-corrected chi connectivity index (χ2v) is 7.25. The summed E-state index contributed by atoms with van der Waals surface area (Å²) in [5.41, 5.74) is 6.37. The number of hydrogen-bond acceptors (Lipinski definition) is 5. The van der Waals surface area contributed by atoms with Crippen LogP contribution >= 0.6 is 0 Å². The van der Waals surface area contributed by atoms with Crippen molar-refractivity contribution in [2.24, 2.45) is 0 Å². The van der Waals surface area contributed by atoms with Gasteiger partial charge in [-0.05, 0) is 35.7 Å². The second kappa shape index (κ2) is 8.42. The Morgan fingerprint density at radius 2 is 1.81 bits per heavy atom. The van der Waals surface area contributed by atoms with Crippen molar-refractivity contribution in [1.82, 2.24) is 24.5 Å². The first kappa shape index (κ1) is 19.0. The summed E-state index contributed by atoms with van der Waals surface area (Å²) < 4.78 is 7.21. The molecule has 0 N–H and O–H groups in total. The number of imidazole rings is 1. The normalized spacial score (nSPS) is 13.6. The van der Waals surface area contributed by atoms with Gasteiger partial charge in [-0.1, -0.05) is 36.8 Å². The highest BCUT2D eigenvalue weighted by atomic mass is 16.5. The topological polar surface area (TPSA) is 55.5 Å². The molecule has 0 bridgehead atoms. The quantitative estimate of drug-likeness (QED) is 0.487. The lowest BCUT2D eigenvalue weighted by Crippen LogP contribution is -2.34. The average molecular weight is 407 g/mol. The fourth-order valence-corrected chi connectivity index (χ4v) is 3.53. The van der Waals surface area contributed by atoms with Crippen molar-refractivity contribution in [3.8, 4) is 23.1 Å². The van der Waals surface area contributed by atoms with E-state index in [4.69, 9.17) is 9.84 Å². The highest BCUT2D eigenvalue weighted by molar-refractivity contribution is 5.67. The predicted molar refractivity (Wildman–Crippen MR) is 120 cm³/mol. The Hall–Kier alpha value is -3.95. The lowest BCUT2D eigenvalue weighted by molar-refractivity contribution is 0.0641. The first-order valence-corrected chi connectivity index (χ1v) is 10.2. The third-order valence-electron chi connectivity index (χ3n) is 5.27. The number of pyridine rings is 1. The van der Waals surface area contributed by atoms with Gasteiger partial charge < -0.3 is 9.64 Å². The van der Waals surface area contributed by atoms with Gasteiger partial charge in [0.25, 0.3) is 0 Å². The first-order valence-electron chi connectivity index (χ1n) is 10.2. The fourth-order valence-electron chi connectivity index (χ4n) is 3.53. The summed E-state index contributed by atoms with van der Waals surface area (Å²) >= 11 is 0. The van der Waals surface area contributed by atoms with Crippen LogP contribution in [0.2, 0.25) is 0 Å². The van der Waals surface area contributed by atoms with Crippen molar-refractivity contribution < 1.29 is 4.74 Å². The van der Waals surface area contributed by atoms with Crippen LogP contribution in [-0.4, -0.2) is 50.8 Å². The van der Waals surface area contributed by atoms with Crippen LogP contribution in [0.15, 0.2) is 73.7 Å². The van der Waals surface area contributed by atoms with E-state index >= 15 is 0 Å². The zero-order chi connectivity index (χ0) is 21.0. The van der Waals surface area contributed by atoms with Crippen molar-refractivity contribution in [2.75, 3.05) is 26.3 Å². The summed E-state index contributed by atoms with van der Waals surface area (Å²) in [6, 6.07) is 16.1. The number of rotatable bonds is 3. The molecule has 1 aromatic carbocycles. The lowest BCUT2D eigenvalue weighted by atomic mass is 10.1. The molecule has 1 aliphatic rings. The molecule has 152 valence electrons. The van der Waals surface area contributed by atoms with E-state index in [-0.39, 0.29) is 0 Å². The van der Waals surface area contributed by atoms with E-state index in [1.807, 2.05) is 24.3 Å². The van der Waals surface area contributed by atoms with Crippen molar-refractivity contribution in [2.45, 2.75) is 0 Å². The van der Waals surface area contributed by atoms with Crippen LogP contribution < -0.4 is 0 Å². The highest BCUT2D eigenvalue weighted by Crippen LogP contribution is 2.23. The van der Waals surface area contributed by atoms with E-state index in [1.165, 1.54) is 0 Å². The predicted octanol–water partition coefficient (Wildman–Crippen LogP) is 3.49. The van der Waals surface area contributed by atoms with Gasteiger partial charge in [0.05, 0.1) is 25.1 Å². The molecule has 5 rings (SSSR count). The Bertz CT molecular complexity index is 1280. The lowest BCUT2D eigenvalue weighted by Gasteiger charge is -2.30. The molecule has 6 nitrogen and oxygen atoms in total. The van der Waals surface area contributed by atoms with Gasteiger partial charge in [0.15, 0.2) is 5.65 Å². The Labute approximate surface area is 180 Å². The average Bonchev–Trinajstić information content (AvgIpc) is 3.26. The van der Waals surface area contributed by atoms with Gasteiger partial charge in [0.1, 0.15) is 5.69 Å². The molecular weight excluding hydrogens is 386 g/mol. The van der Waals surface area contributed by atoms with E-state index in [2.05, 4.69) is 57.6 Å². The van der Waals surface area contributed by atoms with Gasteiger partial charge in [-0.15, -0.1) is 0 Å². The van der Waals surface area contributed by atoms with Crippen LogP contribution in [-0.2, 0) is 4.74 Å². The summed E-state index contributed by atoms with van der Waals surface area (Å²) in [5.74, 6) is 6.26. The third-order valence-corrected chi connectivity index (χ3v) is 5.27. The van der Waals surface area contributed by atoms with Crippen molar-refractivity contribution in [3.63, 3.8) is 0 Å². The maximum Gasteiger partial charge on any atom is 0.154 e. The molecule has 1 saturated heterocycles. The molecule has 0 atom stereocenters. The molecule has 4 heterocycles. The number of nitrogens with zero attached hydrogens (tertiary/aromatic N) is 5. The van der Waals surface area contributed by atoms with E-state index in [0.717, 1.165) is 65.7 Å². The summed E-state index contributed by atoms with van der Waals surface area (Å²) in [6.07, 6.45) is 5.21. The minimum atomic E-state index is 0.734. The number of ether oxygens (including phenoxy) is 1. The maximum absolute atomic E-state index is 5.43. The molecule has 1 fully saturated rings. The highest BCUT2D eigenvalue weighted by Gasteiger charge is 2.14. The molecule has 0 spiro atoms. The van der Waals surface area contributed by atoms with E-state index in [1.54, 1.807) is 23.1 Å². The number of aromatic nitrogens is 4. The molecule has 0 amide bonds. The van der Waals surface area contributed by atoms with E-state index in [9.17, 15) is 0 Å². The Kier molecular flexibility index (Phi) is 5.17. The van der Waals surface area contributed by atoms with Gasteiger partial charge in [0, 0.05) is 42.3 Å². The smallest absolute Gasteiger partial charge is 0.154 e. The standard InChI is InChI=1S/C25H21N5O/c1-19(29-13-15-31-16-14-29)21-5-7-22(8-6-21)24-10-11-25-27-18-23(30(25)28-24)9-4-20-3-2-12-26-17-20/h2-3,5-8,10-12,17-18H,1,13-16H2. The largest absolute Gasteiger partial charge is 0.378 e. The Morgan fingerprint density at radius 3 is 2.58 bits per heavy atom. The monoisotopic (exact) mass is 407 g/mol.